The van der Waals surface area contributed by atoms with E-state index < -0.39 is 5.69 Å². The molecule has 1 unspecified atom stereocenters. The molecule has 1 N–H and O–H groups in total. The molecule has 132 valence electrons. The van der Waals surface area contributed by atoms with Crippen LogP contribution in [-0.4, -0.2) is 15.5 Å². The summed E-state index contributed by atoms with van der Waals surface area (Å²) < 4.78 is 1.28. The van der Waals surface area contributed by atoms with Gasteiger partial charge in [-0.15, -0.1) is 0 Å². The van der Waals surface area contributed by atoms with Crippen LogP contribution in [0.2, 0.25) is 5.02 Å². The van der Waals surface area contributed by atoms with Gasteiger partial charge in [-0.3, -0.25) is 9.36 Å². The zero-order valence-electron chi connectivity index (χ0n) is 14.0. The number of rotatable bonds is 6. The van der Waals surface area contributed by atoms with Crippen molar-refractivity contribution in [3.63, 3.8) is 0 Å². The van der Waals surface area contributed by atoms with Crippen LogP contribution < -0.4 is 11.0 Å². The fourth-order valence-electron chi connectivity index (χ4n) is 2.70. The van der Waals surface area contributed by atoms with E-state index in [1.807, 2.05) is 54.6 Å². The average Bonchev–Trinajstić information content (AvgIpc) is 2.65. The second-order valence-corrected chi connectivity index (χ2v) is 6.33. The van der Waals surface area contributed by atoms with Gasteiger partial charge in [0.05, 0.1) is 6.04 Å². The number of carbonyl (C=O) groups is 1. The summed E-state index contributed by atoms with van der Waals surface area (Å²) in [4.78, 5) is 27.8. The number of nitrogens with zero attached hydrogens (tertiary/aromatic N) is 2. The fourth-order valence-corrected chi connectivity index (χ4v) is 2.82. The lowest BCUT2D eigenvalue weighted by atomic mass is 9.99. The molecule has 0 aliphatic carbocycles. The quantitative estimate of drug-likeness (QED) is 0.728. The monoisotopic (exact) mass is 367 g/mol. The molecule has 2 aromatic carbocycles. The highest BCUT2D eigenvalue weighted by Gasteiger charge is 2.16. The summed E-state index contributed by atoms with van der Waals surface area (Å²) in [6, 6.07) is 18.7. The minimum absolute atomic E-state index is 0.0728. The molecule has 1 atom stereocenters. The van der Waals surface area contributed by atoms with E-state index in [1.54, 1.807) is 12.3 Å². The van der Waals surface area contributed by atoms with Crippen LogP contribution in [0.1, 0.15) is 17.2 Å². The van der Waals surface area contributed by atoms with Gasteiger partial charge < -0.3 is 5.32 Å². The molecule has 0 aliphatic rings. The van der Waals surface area contributed by atoms with Crippen molar-refractivity contribution >= 4 is 17.5 Å². The van der Waals surface area contributed by atoms with Crippen molar-refractivity contribution in [2.45, 2.75) is 19.0 Å². The van der Waals surface area contributed by atoms with Gasteiger partial charge in [0, 0.05) is 17.4 Å². The van der Waals surface area contributed by atoms with E-state index in [0.717, 1.165) is 11.1 Å². The van der Waals surface area contributed by atoms with Crippen molar-refractivity contribution in [2.75, 3.05) is 0 Å². The summed E-state index contributed by atoms with van der Waals surface area (Å²) in [6.45, 7) is -0.0728. The lowest BCUT2D eigenvalue weighted by Crippen LogP contribution is -2.35. The summed E-state index contributed by atoms with van der Waals surface area (Å²) in [5.41, 5.74) is 1.60. The molecule has 1 amide bonds. The third-order valence-corrected chi connectivity index (χ3v) is 4.24. The van der Waals surface area contributed by atoms with Gasteiger partial charge in [0.1, 0.15) is 6.54 Å². The molecule has 0 bridgehead atoms. The molecule has 0 fully saturated rings. The van der Waals surface area contributed by atoms with E-state index in [0.29, 0.717) is 11.4 Å². The summed E-state index contributed by atoms with van der Waals surface area (Å²) >= 11 is 5.95. The Bertz CT molecular complexity index is 924. The predicted octanol–water partition coefficient (Wildman–Crippen LogP) is 3.00. The maximum absolute atomic E-state index is 12.5. The first-order valence-corrected chi connectivity index (χ1v) is 8.60. The average molecular weight is 368 g/mol. The molecule has 6 heteroatoms. The molecular weight excluding hydrogens is 350 g/mol. The van der Waals surface area contributed by atoms with Gasteiger partial charge in [-0.2, -0.15) is 0 Å². The minimum Gasteiger partial charge on any atom is -0.347 e. The third-order valence-electron chi connectivity index (χ3n) is 3.99. The Balaban J connectivity index is 1.77. The molecule has 0 saturated heterocycles. The normalized spacial score (nSPS) is 11.7. The summed E-state index contributed by atoms with van der Waals surface area (Å²) in [7, 11) is 0. The van der Waals surface area contributed by atoms with Crippen LogP contribution in [0.4, 0.5) is 0 Å². The second kappa shape index (κ2) is 8.45. The maximum Gasteiger partial charge on any atom is 0.347 e. The van der Waals surface area contributed by atoms with Gasteiger partial charge in [0.2, 0.25) is 5.91 Å². The fraction of sp³-hybridized carbons (Fsp3) is 0.150. The van der Waals surface area contributed by atoms with Crippen molar-refractivity contribution < 1.29 is 4.79 Å². The number of hydrogen-bond donors (Lipinski definition) is 1. The zero-order valence-corrected chi connectivity index (χ0v) is 14.8. The molecular formula is C20H18ClN3O2. The highest BCUT2D eigenvalue weighted by molar-refractivity contribution is 6.30. The minimum atomic E-state index is -0.448. The van der Waals surface area contributed by atoms with Crippen LogP contribution >= 0.6 is 11.6 Å². The number of halogens is 1. The molecule has 1 aromatic heterocycles. The van der Waals surface area contributed by atoms with Crippen molar-refractivity contribution in [2.24, 2.45) is 0 Å². The van der Waals surface area contributed by atoms with Gasteiger partial charge in [0.25, 0.3) is 0 Å². The smallest absolute Gasteiger partial charge is 0.347 e. The molecule has 3 aromatic rings. The van der Waals surface area contributed by atoms with Gasteiger partial charge >= 0.3 is 5.69 Å². The van der Waals surface area contributed by atoms with Gasteiger partial charge in [-0.25, -0.2) is 9.78 Å². The second-order valence-electron chi connectivity index (χ2n) is 5.89. The number of amides is 1. The first kappa shape index (κ1) is 17.9. The lowest BCUT2D eigenvalue weighted by molar-refractivity contribution is -0.122. The van der Waals surface area contributed by atoms with Crippen LogP contribution in [0.25, 0.3) is 0 Å². The number of benzene rings is 2. The molecule has 0 saturated carbocycles. The Kier molecular flexibility index (Phi) is 5.81. The predicted molar refractivity (Wildman–Crippen MR) is 101 cm³/mol. The third kappa shape index (κ3) is 4.80. The Morgan fingerprint density at radius 3 is 2.50 bits per heavy atom. The van der Waals surface area contributed by atoms with E-state index in [4.69, 9.17) is 11.6 Å². The van der Waals surface area contributed by atoms with Crippen molar-refractivity contribution in [1.82, 2.24) is 14.9 Å². The van der Waals surface area contributed by atoms with Crippen molar-refractivity contribution in [1.29, 1.82) is 0 Å². The number of aromatic nitrogens is 2. The van der Waals surface area contributed by atoms with E-state index in [9.17, 15) is 9.59 Å². The summed E-state index contributed by atoms with van der Waals surface area (Å²) in [6.07, 6.45) is 3.57. The summed E-state index contributed by atoms with van der Waals surface area (Å²) in [5.74, 6) is -0.247. The molecule has 3 rings (SSSR count). The standard InChI is InChI=1S/C20H18ClN3O2/c21-17-9-7-15(8-10-17)13-18(16-5-2-1-3-6-16)23-19(25)14-24-12-4-11-22-20(24)26/h1-12,18H,13-14H2,(H,23,25). The largest absolute Gasteiger partial charge is 0.347 e. The van der Waals surface area contributed by atoms with Crippen molar-refractivity contribution in [3.05, 3.63) is 99.7 Å². The van der Waals surface area contributed by atoms with E-state index in [-0.39, 0.29) is 18.5 Å². The highest BCUT2D eigenvalue weighted by Crippen LogP contribution is 2.20. The number of hydrogen-bond acceptors (Lipinski definition) is 3. The molecule has 26 heavy (non-hydrogen) atoms. The van der Waals surface area contributed by atoms with Crippen LogP contribution in [0.15, 0.2) is 77.9 Å². The Morgan fingerprint density at radius 2 is 1.81 bits per heavy atom. The Morgan fingerprint density at radius 1 is 1.08 bits per heavy atom. The van der Waals surface area contributed by atoms with Crippen molar-refractivity contribution in [3.8, 4) is 0 Å². The molecule has 5 nitrogen and oxygen atoms in total. The number of nitrogens with one attached hydrogen (secondary N) is 1. The first-order chi connectivity index (χ1) is 12.6. The molecule has 0 radical (unpaired) electrons. The molecule has 1 heterocycles. The molecule has 0 aliphatic heterocycles. The van der Waals surface area contributed by atoms with Gasteiger partial charge in [-0.05, 0) is 35.7 Å². The van der Waals surface area contributed by atoms with E-state index in [1.165, 1.54) is 10.8 Å². The van der Waals surface area contributed by atoms with Crippen LogP contribution in [-0.2, 0) is 17.8 Å². The molecule has 0 spiro atoms. The zero-order chi connectivity index (χ0) is 18.4. The number of carbonyl (C=O) groups excluding carboxylic acids is 1. The first-order valence-electron chi connectivity index (χ1n) is 8.22. The summed E-state index contributed by atoms with van der Waals surface area (Å²) in [5, 5.41) is 3.68. The van der Waals surface area contributed by atoms with E-state index >= 15 is 0 Å². The van der Waals surface area contributed by atoms with E-state index in [2.05, 4.69) is 10.3 Å². The highest BCUT2D eigenvalue weighted by atomic mass is 35.5. The van der Waals surface area contributed by atoms with Crippen LogP contribution in [0.5, 0.6) is 0 Å². The van der Waals surface area contributed by atoms with Gasteiger partial charge in [0.15, 0.2) is 0 Å². The lowest BCUT2D eigenvalue weighted by Gasteiger charge is -2.20. The Hall–Kier alpha value is -2.92. The van der Waals surface area contributed by atoms with Gasteiger partial charge in [-0.1, -0.05) is 54.1 Å². The van der Waals surface area contributed by atoms with Crippen LogP contribution in [0.3, 0.4) is 0 Å². The Labute approximate surface area is 156 Å². The topological polar surface area (TPSA) is 64.0 Å². The maximum atomic E-state index is 12.5. The SMILES string of the molecule is O=C(Cn1cccnc1=O)NC(Cc1ccc(Cl)cc1)c1ccccc1. The van der Waals surface area contributed by atoms with Crippen LogP contribution in [0, 0.1) is 0 Å².